The normalized spacial score (nSPS) is 13.3. The summed E-state index contributed by atoms with van der Waals surface area (Å²) in [7, 11) is 0. The first kappa shape index (κ1) is 15.5. The zero-order valence-electron chi connectivity index (χ0n) is 13.3. The van der Waals surface area contributed by atoms with Crippen molar-refractivity contribution in [2.24, 2.45) is 10.7 Å². The Hall–Kier alpha value is -3.06. The third-order valence-electron chi connectivity index (χ3n) is 3.94. The Labute approximate surface area is 147 Å². The van der Waals surface area contributed by atoms with Crippen molar-refractivity contribution in [2.45, 2.75) is 6.42 Å². The van der Waals surface area contributed by atoms with E-state index in [-0.39, 0.29) is 5.91 Å². The average molecular weight is 352 g/mol. The van der Waals surface area contributed by atoms with Gasteiger partial charge in [0.2, 0.25) is 11.5 Å². The number of amides is 1. The van der Waals surface area contributed by atoms with E-state index in [9.17, 15) is 4.79 Å². The Morgan fingerprint density at radius 2 is 2.12 bits per heavy atom. The number of nitrogens with zero attached hydrogens (tertiary/aromatic N) is 2. The Morgan fingerprint density at radius 3 is 2.88 bits per heavy atom. The Morgan fingerprint density at radius 1 is 1.28 bits per heavy atom. The number of hydrogen-bond acceptors (Lipinski definition) is 6. The molecule has 0 spiro atoms. The van der Waals surface area contributed by atoms with E-state index in [0.717, 1.165) is 21.5 Å². The lowest BCUT2D eigenvalue weighted by molar-refractivity contribution is -0.115. The second-order valence-electron chi connectivity index (χ2n) is 5.60. The molecule has 126 valence electrons. The molecule has 25 heavy (non-hydrogen) atoms. The quantitative estimate of drug-likeness (QED) is 0.748. The summed E-state index contributed by atoms with van der Waals surface area (Å²) in [5, 5.41) is 5.66. The van der Waals surface area contributed by atoms with Gasteiger partial charge in [0, 0.05) is 16.3 Å². The number of nitrogens with one attached hydrogen (secondary N) is 1. The molecule has 0 saturated carbocycles. The van der Waals surface area contributed by atoms with Gasteiger partial charge in [-0.05, 0) is 41.8 Å². The summed E-state index contributed by atoms with van der Waals surface area (Å²) in [6.07, 6.45) is 1.96. The van der Waals surface area contributed by atoms with Crippen molar-refractivity contribution in [3.05, 3.63) is 69.8 Å². The van der Waals surface area contributed by atoms with Gasteiger partial charge in [0.1, 0.15) is 12.5 Å². The van der Waals surface area contributed by atoms with Gasteiger partial charge in [-0.1, -0.05) is 6.07 Å². The molecule has 1 aromatic carbocycles. The van der Waals surface area contributed by atoms with E-state index in [1.54, 1.807) is 23.7 Å². The zero-order chi connectivity index (χ0) is 17.2. The van der Waals surface area contributed by atoms with Crippen molar-refractivity contribution in [2.75, 3.05) is 16.9 Å². The highest BCUT2D eigenvalue weighted by Gasteiger charge is 2.15. The van der Waals surface area contributed by atoms with Crippen LogP contribution in [0, 0.1) is 0 Å². The predicted molar refractivity (Wildman–Crippen MR) is 97.5 cm³/mol. The van der Waals surface area contributed by atoms with Gasteiger partial charge < -0.3 is 20.4 Å². The maximum atomic E-state index is 12.1. The molecule has 1 aliphatic heterocycles. The zero-order valence-corrected chi connectivity index (χ0v) is 14.1. The molecular formula is C18H16N4O2S. The molecule has 6 nitrogen and oxygen atoms in total. The molecular weight excluding hydrogens is 336 g/mol. The highest BCUT2D eigenvalue weighted by molar-refractivity contribution is 7.10. The van der Waals surface area contributed by atoms with Gasteiger partial charge in [0.05, 0.1) is 17.9 Å². The molecule has 0 fully saturated rings. The summed E-state index contributed by atoms with van der Waals surface area (Å²) in [5.74, 6) is 0.575. The Balaban J connectivity index is 1.48. The molecule has 3 N–H and O–H groups in total. The SMILES string of the molecule is NC1=c2ccoc2=NCN1c1ccc(NC(=O)Cc2cccs2)cc1. The second-order valence-corrected chi connectivity index (χ2v) is 6.64. The van der Waals surface area contributed by atoms with Crippen LogP contribution >= 0.6 is 11.3 Å². The van der Waals surface area contributed by atoms with E-state index in [1.807, 2.05) is 46.7 Å². The molecule has 2 aromatic heterocycles. The maximum absolute atomic E-state index is 12.1. The van der Waals surface area contributed by atoms with Gasteiger partial charge in [0.25, 0.3) is 0 Å². The lowest BCUT2D eigenvalue weighted by atomic mass is 10.2. The fourth-order valence-electron chi connectivity index (χ4n) is 2.70. The topological polar surface area (TPSA) is 83.9 Å². The van der Waals surface area contributed by atoms with Gasteiger partial charge in [0.15, 0.2) is 0 Å². The predicted octanol–water partition coefficient (Wildman–Crippen LogP) is 1.64. The largest absolute Gasteiger partial charge is 0.446 e. The lowest BCUT2D eigenvalue weighted by Gasteiger charge is -2.24. The van der Waals surface area contributed by atoms with E-state index in [0.29, 0.717) is 24.5 Å². The van der Waals surface area contributed by atoms with Crippen LogP contribution in [-0.2, 0) is 11.2 Å². The smallest absolute Gasteiger partial charge is 0.229 e. The van der Waals surface area contributed by atoms with E-state index in [2.05, 4.69) is 10.3 Å². The molecule has 0 aliphatic carbocycles. The summed E-state index contributed by atoms with van der Waals surface area (Å²) in [6, 6.07) is 13.2. The summed E-state index contributed by atoms with van der Waals surface area (Å²) >= 11 is 1.58. The van der Waals surface area contributed by atoms with E-state index >= 15 is 0 Å². The number of anilines is 2. The first-order valence-electron chi connectivity index (χ1n) is 7.78. The number of rotatable bonds is 4. The van der Waals surface area contributed by atoms with Crippen LogP contribution in [0.3, 0.4) is 0 Å². The standard InChI is InChI=1S/C18H16N4O2S/c19-17-15-7-8-24-18(15)20-11-22(17)13-5-3-12(4-6-13)21-16(23)10-14-2-1-9-25-14/h1-9H,10-11,19H2,(H,21,23). The molecule has 7 heteroatoms. The summed E-state index contributed by atoms with van der Waals surface area (Å²) in [4.78, 5) is 19.4. The molecule has 1 aliphatic rings. The van der Waals surface area contributed by atoms with Crippen LogP contribution in [0.5, 0.6) is 0 Å². The minimum Gasteiger partial charge on any atom is -0.446 e. The fraction of sp³-hybridized carbons (Fsp3) is 0.111. The number of fused-ring (bicyclic) bond motifs is 1. The number of hydrogen-bond donors (Lipinski definition) is 2. The van der Waals surface area contributed by atoms with Crippen molar-refractivity contribution in [1.29, 1.82) is 0 Å². The summed E-state index contributed by atoms with van der Waals surface area (Å²) < 4.78 is 5.28. The number of furan rings is 1. The lowest BCUT2D eigenvalue weighted by Crippen LogP contribution is -2.42. The summed E-state index contributed by atoms with van der Waals surface area (Å²) in [6.45, 7) is 0.399. The Bertz CT molecular complexity index is 1010. The molecule has 0 radical (unpaired) electrons. The minimum atomic E-state index is -0.0303. The monoisotopic (exact) mass is 352 g/mol. The highest BCUT2D eigenvalue weighted by atomic mass is 32.1. The van der Waals surface area contributed by atoms with Gasteiger partial charge in [-0.15, -0.1) is 11.3 Å². The third-order valence-corrected chi connectivity index (χ3v) is 4.82. The first-order chi connectivity index (χ1) is 12.2. The van der Waals surface area contributed by atoms with E-state index in [1.165, 1.54) is 0 Å². The van der Waals surface area contributed by atoms with Crippen LogP contribution in [0.25, 0.3) is 5.82 Å². The fourth-order valence-corrected chi connectivity index (χ4v) is 3.40. The molecule has 0 bridgehead atoms. The van der Waals surface area contributed by atoms with Gasteiger partial charge in [-0.3, -0.25) is 4.79 Å². The molecule has 0 saturated heterocycles. The van der Waals surface area contributed by atoms with Crippen molar-refractivity contribution in [1.82, 2.24) is 0 Å². The average Bonchev–Trinajstić information content (AvgIpc) is 3.28. The van der Waals surface area contributed by atoms with Crippen LogP contribution in [0.1, 0.15) is 4.88 Å². The molecule has 0 unspecified atom stereocenters. The molecule has 4 rings (SSSR count). The van der Waals surface area contributed by atoms with Crippen LogP contribution in [0.2, 0.25) is 0 Å². The number of carbonyl (C=O) groups is 1. The van der Waals surface area contributed by atoms with Gasteiger partial charge >= 0.3 is 0 Å². The number of thiophene rings is 1. The van der Waals surface area contributed by atoms with Crippen LogP contribution < -0.4 is 26.7 Å². The second kappa shape index (κ2) is 6.45. The molecule has 1 amide bonds. The molecule has 3 aromatic rings. The van der Waals surface area contributed by atoms with Crippen molar-refractivity contribution in [3.8, 4) is 0 Å². The maximum Gasteiger partial charge on any atom is 0.229 e. The Kier molecular flexibility index (Phi) is 3.99. The highest BCUT2D eigenvalue weighted by Crippen LogP contribution is 2.21. The van der Waals surface area contributed by atoms with Crippen LogP contribution in [0.4, 0.5) is 11.4 Å². The van der Waals surface area contributed by atoms with Crippen molar-refractivity contribution in [3.63, 3.8) is 0 Å². The molecule has 3 heterocycles. The number of carbonyl (C=O) groups excluding carboxylic acids is 1. The number of benzene rings is 1. The number of nitrogens with two attached hydrogens (primary N) is 1. The van der Waals surface area contributed by atoms with E-state index in [4.69, 9.17) is 10.2 Å². The van der Waals surface area contributed by atoms with Crippen molar-refractivity contribution >= 4 is 34.4 Å². The summed E-state index contributed by atoms with van der Waals surface area (Å²) in [5.41, 5.74) is 8.44. The van der Waals surface area contributed by atoms with Gasteiger partial charge in [-0.25, -0.2) is 4.99 Å². The minimum absolute atomic E-state index is 0.0303. The van der Waals surface area contributed by atoms with Crippen LogP contribution in [-0.4, -0.2) is 12.6 Å². The van der Waals surface area contributed by atoms with E-state index < -0.39 is 0 Å². The van der Waals surface area contributed by atoms with Crippen LogP contribution in [0.15, 0.2) is 63.5 Å². The third kappa shape index (κ3) is 3.14. The van der Waals surface area contributed by atoms with Crippen molar-refractivity contribution < 1.29 is 9.21 Å². The first-order valence-corrected chi connectivity index (χ1v) is 8.66. The van der Waals surface area contributed by atoms with Gasteiger partial charge in [-0.2, -0.15) is 0 Å². The molecule has 0 atom stereocenters.